The lowest BCUT2D eigenvalue weighted by Crippen LogP contribution is -1.86. The molecule has 0 aliphatic rings. The summed E-state index contributed by atoms with van der Waals surface area (Å²) in [6.07, 6.45) is 0. The van der Waals surface area contributed by atoms with Crippen LogP contribution in [0.3, 0.4) is 0 Å². The zero-order valence-corrected chi connectivity index (χ0v) is 8.08. The molecule has 2 rings (SSSR count). The van der Waals surface area contributed by atoms with Crippen LogP contribution in [0.5, 0.6) is 0 Å². The first kappa shape index (κ1) is 7.70. The van der Waals surface area contributed by atoms with Gasteiger partial charge in [0.25, 0.3) is 0 Å². The van der Waals surface area contributed by atoms with Crippen LogP contribution in [0.4, 0.5) is 5.82 Å². The average Bonchev–Trinajstić information content (AvgIpc) is 2.58. The van der Waals surface area contributed by atoms with Gasteiger partial charge in [-0.15, -0.1) is 11.3 Å². The van der Waals surface area contributed by atoms with E-state index in [1.54, 1.807) is 11.3 Å². The Morgan fingerprint density at radius 1 is 1.42 bits per heavy atom. The molecule has 0 fully saturated rings. The van der Waals surface area contributed by atoms with E-state index in [9.17, 15) is 0 Å². The fourth-order valence-electron chi connectivity index (χ4n) is 0.963. The Kier molecular flexibility index (Phi) is 1.82. The van der Waals surface area contributed by atoms with E-state index in [2.05, 4.69) is 21.7 Å². The van der Waals surface area contributed by atoms with Crippen molar-refractivity contribution in [3.8, 4) is 11.3 Å². The van der Waals surface area contributed by atoms with Crippen LogP contribution in [0.1, 0.15) is 4.88 Å². The third-order valence-electron chi connectivity index (χ3n) is 1.52. The van der Waals surface area contributed by atoms with Gasteiger partial charge in [-0.1, -0.05) is 0 Å². The zero-order chi connectivity index (χ0) is 8.55. The number of rotatable bonds is 1. The second-order valence-electron chi connectivity index (χ2n) is 2.44. The highest BCUT2D eigenvalue weighted by Crippen LogP contribution is 2.27. The number of nitrogen functional groups attached to an aromatic ring is 1. The quantitative estimate of drug-likeness (QED) is 0.762. The van der Waals surface area contributed by atoms with Gasteiger partial charge in [-0.2, -0.15) is 8.75 Å². The molecule has 0 bridgehead atoms. The van der Waals surface area contributed by atoms with Crippen molar-refractivity contribution >= 4 is 28.9 Å². The van der Waals surface area contributed by atoms with Gasteiger partial charge in [-0.25, -0.2) is 0 Å². The Labute approximate surface area is 78.2 Å². The minimum Gasteiger partial charge on any atom is -0.381 e. The highest BCUT2D eigenvalue weighted by Gasteiger charge is 2.07. The summed E-state index contributed by atoms with van der Waals surface area (Å²) in [7, 11) is 0. The Morgan fingerprint density at radius 2 is 2.25 bits per heavy atom. The average molecular weight is 197 g/mol. The Bertz CT molecular complexity index is 391. The summed E-state index contributed by atoms with van der Waals surface area (Å²) in [6.45, 7) is 2.06. The van der Waals surface area contributed by atoms with Gasteiger partial charge in [0.15, 0.2) is 5.82 Å². The van der Waals surface area contributed by atoms with Crippen LogP contribution in [-0.2, 0) is 0 Å². The van der Waals surface area contributed by atoms with Crippen LogP contribution in [-0.4, -0.2) is 8.75 Å². The van der Waals surface area contributed by atoms with Crippen molar-refractivity contribution in [1.29, 1.82) is 0 Å². The van der Waals surface area contributed by atoms with E-state index >= 15 is 0 Å². The van der Waals surface area contributed by atoms with Crippen molar-refractivity contribution in [3.63, 3.8) is 0 Å². The first-order chi connectivity index (χ1) is 5.77. The summed E-state index contributed by atoms with van der Waals surface area (Å²) in [4.78, 5) is 1.26. The van der Waals surface area contributed by atoms with E-state index in [4.69, 9.17) is 5.73 Å². The van der Waals surface area contributed by atoms with E-state index in [1.807, 2.05) is 5.38 Å². The molecule has 62 valence electrons. The summed E-state index contributed by atoms with van der Waals surface area (Å²) >= 11 is 2.84. The number of aryl methyl sites for hydroxylation is 1. The monoisotopic (exact) mass is 197 g/mol. The van der Waals surface area contributed by atoms with Crippen LogP contribution in [0.15, 0.2) is 11.4 Å². The number of nitrogens with two attached hydrogens (primary N) is 1. The maximum Gasteiger partial charge on any atom is 0.165 e. The summed E-state index contributed by atoms with van der Waals surface area (Å²) in [5.41, 5.74) is 7.51. The molecule has 0 saturated carbocycles. The smallest absolute Gasteiger partial charge is 0.165 e. The summed E-state index contributed by atoms with van der Waals surface area (Å²) in [6, 6.07) is 2.07. The van der Waals surface area contributed by atoms with Crippen molar-refractivity contribution < 1.29 is 0 Å². The molecule has 2 heterocycles. The highest BCUT2D eigenvalue weighted by molar-refractivity contribution is 7.10. The largest absolute Gasteiger partial charge is 0.381 e. The minimum atomic E-state index is 0.526. The molecule has 0 atom stereocenters. The summed E-state index contributed by atoms with van der Waals surface area (Å²) < 4.78 is 8.03. The minimum absolute atomic E-state index is 0.526. The van der Waals surface area contributed by atoms with Gasteiger partial charge in [0.2, 0.25) is 0 Å². The van der Waals surface area contributed by atoms with E-state index in [0.717, 1.165) is 23.0 Å². The van der Waals surface area contributed by atoms with E-state index < -0.39 is 0 Å². The third kappa shape index (κ3) is 1.21. The number of aromatic nitrogens is 2. The van der Waals surface area contributed by atoms with Gasteiger partial charge >= 0.3 is 0 Å². The molecule has 2 aromatic rings. The second-order valence-corrected chi connectivity index (χ2v) is 4.09. The molecule has 2 aromatic heterocycles. The predicted molar refractivity (Wildman–Crippen MR) is 52.4 cm³/mol. The van der Waals surface area contributed by atoms with Crippen molar-refractivity contribution in [2.24, 2.45) is 0 Å². The molecular weight excluding hydrogens is 190 g/mol. The van der Waals surface area contributed by atoms with Gasteiger partial charge in [-0.3, -0.25) is 0 Å². The number of anilines is 1. The van der Waals surface area contributed by atoms with E-state index in [0.29, 0.717) is 5.82 Å². The van der Waals surface area contributed by atoms with Gasteiger partial charge < -0.3 is 5.73 Å². The normalized spacial score (nSPS) is 10.4. The molecule has 3 nitrogen and oxygen atoms in total. The Balaban J connectivity index is 2.50. The topological polar surface area (TPSA) is 51.8 Å². The second kappa shape index (κ2) is 2.84. The first-order valence-corrected chi connectivity index (χ1v) is 5.02. The van der Waals surface area contributed by atoms with E-state index in [-0.39, 0.29) is 0 Å². The molecule has 0 aliphatic heterocycles. The molecule has 0 amide bonds. The predicted octanol–water partition coefficient (Wildman–Crippen LogP) is 2.16. The van der Waals surface area contributed by atoms with Crippen molar-refractivity contribution in [2.75, 3.05) is 5.73 Å². The molecule has 2 N–H and O–H groups in total. The summed E-state index contributed by atoms with van der Waals surface area (Å²) in [5, 5.41) is 2.04. The molecule has 0 spiro atoms. The zero-order valence-electron chi connectivity index (χ0n) is 6.44. The maximum atomic E-state index is 5.62. The maximum absolute atomic E-state index is 5.62. The third-order valence-corrected chi connectivity index (χ3v) is 2.92. The van der Waals surface area contributed by atoms with Crippen LogP contribution in [0.2, 0.25) is 0 Å². The number of hydrogen-bond acceptors (Lipinski definition) is 5. The first-order valence-electron chi connectivity index (χ1n) is 3.41. The van der Waals surface area contributed by atoms with Crippen molar-refractivity contribution in [2.45, 2.75) is 6.92 Å². The van der Waals surface area contributed by atoms with Gasteiger partial charge in [0.1, 0.15) is 5.69 Å². The van der Waals surface area contributed by atoms with Crippen molar-refractivity contribution in [1.82, 2.24) is 8.75 Å². The van der Waals surface area contributed by atoms with Crippen LogP contribution in [0.25, 0.3) is 11.3 Å². The molecule has 0 radical (unpaired) electrons. The lowest BCUT2D eigenvalue weighted by Gasteiger charge is -1.88. The Hall–Kier alpha value is -0.940. The molecule has 0 saturated heterocycles. The van der Waals surface area contributed by atoms with Crippen LogP contribution < -0.4 is 5.73 Å². The number of thiophene rings is 1. The molecule has 12 heavy (non-hydrogen) atoms. The van der Waals surface area contributed by atoms with Gasteiger partial charge in [0, 0.05) is 15.8 Å². The molecule has 0 aromatic carbocycles. The van der Waals surface area contributed by atoms with Crippen LogP contribution in [0, 0.1) is 6.92 Å². The standard InChI is InChI=1S/C7H7N3S2/c1-4-2-5(3-11-4)6-7(8)10-12-9-6/h2-3H,1H3,(H2,8,10). The molecule has 0 aliphatic carbocycles. The molecule has 5 heteroatoms. The fraction of sp³-hybridized carbons (Fsp3) is 0.143. The number of nitrogens with zero attached hydrogens (tertiary/aromatic N) is 2. The SMILES string of the molecule is Cc1cc(-c2nsnc2N)cs1. The van der Waals surface area contributed by atoms with Crippen LogP contribution >= 0.6 is 23.1 Å². The molecular formula is C7H7N3S2. The van der Waals surface area contributed by atoms with E-state index in [1.165, 1.54) is 4.88 Å². The van der Waals surface area contributed by atoms with Gasteiger partial charge in [-0.05, 0) is 13.0 Å². The Morgan fingerprint density at radius 3 is 2.75 bits per heavy atom. The lowest BCUT2D eigenvalue weighted by atomic mass is 10.2. The highest BCUT2D eigenvalue weighted by atomic mass is 32.1. The van der Waals surface area contributed by atoms with Crippen molar-refractivity contribution in [3.05, 3.63) is 16.3 Å². The summed E-state index contributed by atoms with van der Waals surface area (Å²) in [5.74, 6) is 0.526. The van der Waals surface area contributed by atoms with Gasteiger partial charge in [0.05, 0.1) is 11.7 Å². The fourth-order valence-corrected chi connectivity index (χ4v) is 2.15. The number of hydrogen-bond donors (Lipinski definition) is 1. The molecule has 0 unspecified atom stereocenters. The lowest BCUT2D eigenvalue weighted by molar-refractivity contribution is 1.50.